The third kappa shape index (κ3) is 4.11. The van der Waals surface area contributed by atoms with Crippen molar-refractivity contribution < 1.29 is 0 Å². The summed E-state index contributed by atoms with van der Waals surface area (Å²) >= 11 is 0. The van der Waals surface area contributed by atoms with Crippen LogP contribution in [-0.2, 0) is 18.4 Å². The second kappa shape index (κ2) is 6.91. The Morgan fingerprint density at radius 3 is 2.28 bits per heavy atom. The van der Waals surface area contributed by atoms with Gasteiger partial charge in [0.25, 0.3) is 0 Å². The Balaban J connectivity index is 2.77. The van der Waals surface area contributed by atoms with Gasteiger partial charge >= 0.3 is 0 Å². The number of nitrogens with zero attached hydrogens (tertiary/aromatic N) is 3. The van der Waals surface area contributed by atoms with E-state index in [1.807, 2.05) is 0 Å². The van der Waals surface area contributed by atoms with Gasteiger partial charge in [-0.1, -0.05) is 65.5 Å². The van der Waals surface area contributed by atoms with Crippen LogP contribution in [0.15, 0.2) is 0 Å². The minimum absolute atomic E-state index is 0.138. The second-order valence-corrected chi connectivity index (χ2v) is 6.17. The van der Waals surface area contributed by atoms with Gasteiger partial charge in [-0.3, -0.25) is 0 Å². The lowest BCUT2D eigenvalue weighted by atomic mass is 9.89. The van der Waals surface area contributed by atoms with E-state index in [9.17, 15) is 0 Å². The van der Waals surface area contributed by atoms with Gasteiger partial charge in [-0.2, -0.15) is 0 Å². The highest BCUT2D eigenvalue weighted by Crippen LogP contribution is 2.25. The zero-order valence-corrected chi connectivity index (χ0v) is 12.8. The number of aryl methyl sites for hydroxylation is 2. The Bertz CT molecular complexity index is 347. The van der Waals surface area contributed by atoms with Crippen molar-refractivity contribution >= 4 is 0 Å². The van der Waals surface area contributed by atoms with Crippen LogP contribution in [-0.4, -0.2) is 15.0 Å². The quantitative estimate of drug-likeness (QED) is 0.683. The first-order chi connectivity index (χ1) is 8.50. The van der Waals surface area contributed by atoms with Gasteiger partial charge in [0.15, 0.2) is 0 Å². The van der Waals surface area contributed by atoms with E-state index in [-0.39, 0.29) is 5.41 Å². The molecule has 0 aliphatic heterocycles. The molecule has 0 saturated heterocycles. The Labute approximate surface area is 112 Å². The molecule has 0 spiro atoms. The highest BCUT2D eigenvalue weighted by atomic mass is 15.4. The Kier molecular flexibility index (Phi) is 5.83. The van der Waals surface area contributed by atoms with Gasteiger partial charge in [-0.05, 0) is 12.8 Å². The monoisotopic (exact) mass is 251 g/mol. The first kappa shape index (κ1) is 15.2. The fourth-order valence-corrected chi connectivity index (χ4v) is 2.42. The van der Waals surface area contributed by atoms with Crippen molar-refractivity contribution in [3.05, 3.63) is 11.4 Å². The Hall–Kier alpha value is -0.860. The second-order valence-electron chi connectivity index (χ2n) is 6.17. The fraction of sp³-hybridized carbons (Fsp3) is 0.867. The standard InChI is InChI=1S/C15H29N3/c1-6-8-9-10-12-18-14(15(3,4)5)13(11-7-2)16-17-18/h6-12H2,1-5H3. The average Bonchev–Trinajstić information content (AvgIpc) is 2.68. The molecule has 0 radical (unpaired) electrons. The summed E-state index contributed by atoms with van der Waals surface area (Å²) in [5.41, 5.74) is 2.67. The molecule has 3 heteroatoms. The highest BCUT2D eigenvalue weighted by molar-refractivity contribution is 5.19. The van der Waals surface area contributed by atoms with E-state index in [1.165, 1.54) is 37.1 Å². The smallest absolute Gasteiger partial charge is 0.0864 e. The van der Waals surface area contributed by atoms with E-state index < -0.39 is 0 Å². The third-order valence-corrected chi connectivity index (χ3v) is 3.23. The lowest BCUT2D eigenvalue weighted by Gasteiger charge is -2.21. The molecule has 0 bridgehead atoms. The van der Waals surface area contributed by atoms with E-state index in [0.29, 0.717) is 0 Å². The molecule has 0 amide bonds. The summed E-state index contributed by atoms with van der Waals surface area (Å²) in [6.07, 6.45) is 7.29. The maximum absolute atomic E-state index is 4.38. The van der Waals surface area contributed by atoms with Gasteiger partial charge in [0.2, 0.25) is 0 Å². The van der Waals surface area contributed by atoms with Crippen molar-refractivity contribution in [1.29, 1.82) is 0 Å². The van der Waals surface area contributed by atoms with E-state index in [1.54, 1.807) is 0 Å². The predicted molar refractivity (Wildman–Crippen MR) is 76.9 cm³/mol. The van der Waals surface area contributed by atoms with E-state index in [2.05, 4.69) is 49.6 Å². The van der Waals surface area contributed by atoms with E-state index in [0.717, 1.165) is 19.4 Å². The van der Waals surface area contributed by atoms with E-state index >= 15 is 0 Å². The van der Waals surface area contributed by atoms with Gasteiger partial charge in [0.05, 0.1) is 11.4 Å². The van der Waals surface area contributed by atoms with Crippen LogP contribution in [0.1, 0.15) is 78.1 Å². The number of aromatic nitrogens is 3. The number of unbranched alkanes of at least 4 members (excludes halogenated alkanes) is 3. The summed E-state index contributed by atoms with van der Waals surface area (Å²) in [6.45, 7) is 12.2. The first-order valence-corrected chi connectivity index (χ1v) is 7.43. The van der Waals surface area contributed by atoms with Crippen LogP contribution in [0.25, 0.3) is 0 Å². The number of hydrogen-bond acceptors (Lipinski definition) is 2. The molecule has 18 heavy (non-hydrogen) atoms. The summed E-state index contributed by atoms with van der Waals surface area (Å²) in [4.78, 5) is 0. The maximum Gasteiger partial charge on any atom is 0.0864 e. The van der Waals surface area contributed by atoms with Crippen LogP contribution in [0.2, 0.25) is 0 Å². The highest BCUT2D eigenvalue weighted by Gasteiger charge is 2.24. The normalized spacial score (nSPS) is 12.1. The molecule has 0 N–H and O–H groups in total. The lowest BCUT2D eigenvalue weighted by molar-refractivity contribution is 0.457. The van der Waals surface area contributed by atoms with Gasteiger partial charge < -0.3 is 0 Å². The topological polar surface area (TPSA) is 30.7 Å². The molecule has 0 aliphatic rings. The molecule has 0 fully saturated rings. The van der Waals surface area contributed by atoms with Crippen LogP contribution in [0.4, 0.5) is 0 Å². The summed E-state index contributed by atoms with van der Waals surface area (Å²) in [5, 5.41) is 8.75. The van der Waals surface area contributed by atoms with Crippen molar-refractivity contribution in [2.24, 2.45) is 0 Å². The van der Waals surface area contributed by atoms with Crippen LogP contribution < -0.4 is 0 Å². The number of hydrogen-bond donors (Lipinski definition) is 0. The molecule has 0 aliphatic carbocycles. The SMILES string of the molecule is CCCCCCn1nnc(CCC)c1C(C)(C)C. The first-order valence-electron chi connectivity index (χ1n) is 7.43. The Morgan fingerprint density at radius 2 is 1.72 bits per heavy atom. The molecule has 1 aromatic heterocycles. The molecule has 104 valence electrons. The third-order valence-electron chi connectivity index (χ3n) is 3.23. The largest absolute Gasteiger partial charge is 0.249 e. The van der Waals surface area contributed by atoms with Gasteiger partial charge in [0, 0.05) is 12.0 Å². The molecule has 0 unspecified atom stereocenters. The molecule has 3 nitrogen and oxygen atoms in total. The van der Waals surface area contributed by atoms with Crippen LogP contribution in [0, 0.1) is 0 Å². The van der Waals surface area contributed by atoms with Gasteiger partial charge in [-0.15, -0.1) is 5.10 Å². The average molecular weight is 251 g/mol. The van der Waals surface area contributed by atoms with Crippen molar-refractivity contribution in [2.75, 3.05) is 0 Å². The number of rotatable bonds is 7. The zero-order chi connectivity index (χ0) is 13.6. The van der Waals surface area contributed by atoms with Crippen LogP contribution in [0.3, 0.4) is 0 Å². The predicted octanol–water partition coefficient (Wildman–Crippen LogP) is 4.11. The van der Waals surface area contributed by atoms with Crippen molar-refractivity contribution in [3.63, 3.8) is 0 Å². The fourth-order valence-electron chi connectivity index (χ4n) is 2.42. The minimum Gasteiger partial charge on any atom is -0.249 e. The summed E-state index contributed by atoms with van der Waals surface area (Å²) < 4.78 is 2.14. The van der Waals surface area contributed by atoms with Gasteiger partial charge in [-0.25, -0.2) is 4.68 Å². The van der Waals surface area contributed by atoms with Crippen LogP contribution >= 0.6 is 0 Å². The molecular weight excluding hydrogens is 222 g/mol. The molecule has 1 rings (SSSR count). The summed E-state index contributed by atoms with van der Waals surface area (Å²) in [7, 11) is 0. The molecule has 0 atom stereocenters. The van der Waals surface area contributed by atoms with Crippen molar-refractivity contribution in [1.82, 2.24) is 15.0 Å². The molecule has 0 saturated carbocycles. The van der Waals surface area contributed by atoms with Crippen molar-refractivity contribution in [3.8, 4) is 0 Å². The van der Waals surface area contributed by atoms with Crippen LogP contribution in [0.5, 0.6) is 0 Å². The molecule has 0 aromatic carbocycles. The van der Waals surface area contributed by atoms with Crippen molar-refractivity contribution in [2.45, 2.75) is 85.1 Å². The Morgan fingerprint density at radius 1 is 1.00 bits per heavy atom. The summed E-state index contributed by atoms with van der Waals surface area (Å²) in [5.74, 6) is 0. The molecular formula is C15H29N3. The summed E-state index contributed by atoms with van der Waals surface area (Å²) in [6, 6.07) is 0. The maximum atomic E-state index is 4.38. The minimum atomic E-state index is 0.138. The molecule has 1 aromatic rings. The molecule has 1 heterocycles. The van der Waals surface area contributed by atoms with Gasteiger partial charge in [0.1, 0.15) is 0 Å². The van der Waals surface area contributed by atoms with E-state index in [4.69, 9.17) is 0 Å². The lowest BCUT2D eigenvalue weighted by Crippen LogP contribution is -2.20. The zero-order valence-electron chi connectivity index (χ0n) is 12.8.